The number of carboxylic acid groups (broad SMARTS) is 1. The summed E-state index contributed by atoms with van der Waals surface area (Å²) in [5.74, 6) is -1.37. The van der Waals surface area contributed by atoms with Gasteiger partial charge >= 0.3 is 5.97 Å². The summed E-state index contributed by atoms with van der Waals surface area (Å²) in [5.41, 5.74) is -0.458. The lowest BCUT2D eigenvalue weighted by atomic mass is 10.0. The third-order valence-electron chi connectivity index (χ3n) is 2.67. The lowest BCUT2D eigenvalue weighted by Gasteiger charge is -2.25. The zero-order chi connectivity index (χ0) is 14.6. The highest BCUT2D eigenvalue weighted by Gasteiger charge is 2.28. The second-order valence-corrected chi connectivity index (χ2v) is 5.43. The van der Waals surface area contributed by atoms with Crippen molar-refractivity contribution in [3.63, 3.8) is 0 Å². The van der Waals surface area contributed by atoms with Crippen LogP contribution in [0.4, 0.5) is 5.69 Å². The number of amides is 1. The minimum atomic E-state index is -1.09. The molecule has 0 aliphatic heterocycles. The highest BCUT2D eigenvalue weighted by molar-refractivity contribution is 9.10. The number of benzene rings is 1. The molecule has 1 aromatic carbocycles. The van der Waals surface area contributed by atoms with Crippen LogP contribution in [0.1, 0.15) is 31.1 Å². The van der Waals surface area contributed by atoms with Gasteiger partial charge in [0.25, 0.3) is 0 Å². The van der Waals surface area contributed by atoms with Gasteiger partial charge in [0.15, 0.2) is 0 Å². The molecule has 3 N–H and O–H groups in total. The zero-order valence-electron chi connectivity index (χ0n) is 11.1. The molecule has 0 saturated heterocycles. The smallest absolute Gasteiger partial charge is 0.337 e. The van der Waals surface area contributed by atoms with E-state index in [9.17, 15) is 9.59 Å². The van der Waals surface area contributed by atoms with Gasteiger partial charge in [0.1, 0.15) is 0 Å². The molecule has 0 fully saturated rings. The van der Waals surface area contributed by atoms with E-state index in [1.165, 1.54) is 6.07 Å². The molecule has 1 aromatic rings. The number of nitrogens with one attached hydrogen (secondary N) is 2. The highest BCUT2D eigenvalue weighted by atomic mass is 79.9. The number of aromatic carboxylic acids is 1. The maximum Gasteiger partial charge on any atom is 0.337 e. The van der Waals surface area contributed by atoms with Crippen molar-refractivity contribution in [3.8, 4) is 0 Å². The first-order chi connectivity index (χ1) is 8.79. The van der Waals surface area contributed by atoms with E-state index in [4.69, 9.17) is 5.11 Å². The molecular weight excluding hydrogens is 312 g/mol. The number of anilines is 1. The topological polar surface area (TPSA) is 78.4 Å². The van der Waals surface area contributed by atoms with Crippen LogP contribution in [0, 0.1) is 0 Å². The summed E-state index contributed by atoms with van der Waals surface area (Å²) >= 11 is 3.25. The summed E-state index contributed by atoms with van der Waals surface area (Å²) in [7, 11) is 0. The van der Waals surface area contributed by atoms with Crippen molar-refractivity contribution in [2.45, 2.75) is 26.3 Å². The molecule has 0 aliphatic carbocycles. The van der Waals surface area contributed by atoms with Gasteiger partial charge in [-0.3, -0.25) is 4.79 Å². The Morgan fingerprint density at radius 1 is 1.37 bits per heavy atom. The van der Waals surface area contributed by atoms with Gasteiger partial charge in [0.2, 0.25) is 5.91 Å². The molecule has 0 heterocycles. The summed E-state index contributed by atoms with van der Waals surface area (Å²) in [4.78, 5) is 23.3. The number of carbonyl (C=O) groups excluding carboxylic acids is 1. The van der Waals surface area contributed by atoms with Gasteiger partial charge in [-0.15, -0.1) is 0 Å². The Bertz CT molecular complexity index is 501. The van der Waals surface area contributed by atoms with E-state index < -0.39 is 11.5 Å². The van der Waals surface area contributed by atoms with Gasteiger partial charge in [-0.2, -0.15) is 0 Å². The van der Waals surface area contributed by atoms with Crippen LogP contribution in [0.15, 0.2) is 22.7 Å². The SMILES string of the molecule is CCNC(C)(C)C(=O)Nc1c(Br)cccc1C(=O)O. The molecule has 0 bridgehead atoms. The van der Waals surface area contributed by atoms with E-state index in [1.54, 1.807) is 26.0 Å². The van der Waals surface area contributed by atoms with Crippen molar-refractivity contribution in [3.05, 3.63) is 28.2 Å². The fraction of sp³-hybridized carbons (Fsp3) is 0.385. The van der Waals surface area contributed by atoms with E-state index in [0.29, 0.717) is 11.0 Å². The second kappa shape index (κ2) is 6.16. The molecule has 1 amide bonds. The van der Waals surface area contributed by atoms with E-state index >= 15 is 0 Å². The average molecular weight is 329 g/mol. The van der Waals surface area contributed by atoms with Crippen LogP contribution in [-0.4, -0.2) is 29.1 Å². The quantitative estimate of drug-likeness (QED) is 0.775. The summed E-state index contributed by atoms with van der Waals surface area (Å²) in [6, 6.07) is 4.74. The van der Waals surface area contributed by atoms with E-state index in [-0.39, 0.29) is 17.2 Å². The first kappa shape index (κ1) is 15.7. The van der Waals surface area contributed by atoms with Gasteiger partial charge in [-0.25, -0.2) is 4.79 Å². The maximum atomic E-state index is 12.2. The molecule has 0 saturated carbocycles. The third kappa shape index (κ3) is 3.78. The lowest BCUT2D eigenvalue weighted by molar-refractivity contribution is -0.121. The van der Waals surface area contributed by atoms with Crippen molar-refractivity contribution < 1.29 is 14.7 Å². The fourth-order valence-corrected chi connectivity index (χ4v) is 2.09. The van der Waals surface area contributed by atoms with Crippen molar-refractivity contribution >= 4 is 33.5 Å². The Kier molecular flexibility index (Phi) is 5.08. The van der Waals surface area contributed by atoms with E-state index in [1.807, 2.05) is 6.92 Å². The van der Waals surface area contributed by atoms with Gasteiger partial charge in [0, 0.05) is 4.47 Å². The van der Waals surface area contributed by atoms with Gasteiger partial charge < -0.3 is 15.7 Å². The predicted molar refractivity (Wildman–Crippen MR) is 77.5 cm³/mol. The first-order valence-electron chi connectivity index (χ1n) is 5.88. The van der Waals surface area contributed by atoms with Crippen molar-refractivity contribution in [1.29, 1.82) is 0 Å². The minimum absolute atomic E-state index is 0.0509. The van der Waals surface area contributed by atoms with Crippen LogP contribution in [0.3, 0.4) is 0 Å². The molecule has 0 atom stereocenters. The standard InChI is InChI=1S/C13H17BrN2O3/c1-4-15-13(2,3)12(19)16-10-8(11(17)18)6-5-7-9(10)14/h5-7,15H,4H2,1-3H3,(H,16,19)(H,17,18). The molecule has 0 aromatic heterocycles. The number of hydrogen-bond acceptors (Lipinski definition) is 3. The number of hydrogen-bond donors (Lipinski definition) is 3. The largest absolute Gasteiger partial charge is 0.478 e. The summed E-state index contributed by atoms with van der Waals surface area (Å²) in [6.07, 6.45) is 0. The van der Waals surface area contributed by atoms with Crippen LogP contribution < -0.4 is 10.6 Å². The number of carbonyl (C=O) groups is 2. The van der Waals surface area contributed by atoms with Gasteiger partial charge in [0.05, 0.1) is 16.8 Å². The molecule has 104 valence electrons. The predicted octanol–water partition coefficient (Wildman–Crippen LogP) is 2.47. The third-order valence-corrected chi connectivity index (χ3v) is 3.33. The molecule has 0 unspecified atom stereocenters. The zero-order valence-corrected chi connectivity index (χ0v) is 12.7. The number of rotatable bonds is 5. The van der Waals surface area contributed by atoms with Crippen LogP contribution in [-0.2, 0) is 4.79 Å². The summed E-state index contributed by atoms with van der Waals surface area (Å²) in [5, 5.41) is 14.8. The maximum absolute atomic E-state index is 12.2. The Labute approximate surface area is 120 Å². The van der Waals surface area contributed by atoms with Gasteiger partial charge in [-0.1, -0.05) is 13.0 Å². The molecule has 6 heteroatoms. The summed E-state index contributed by atoms with van der Waals surface area (Å²) in [6.45, 7) is 6.02. The first-order valence-corrected chi connectivity index (χ1v) is 6.67. The molecule has 0 aliphatic rings. The van der Waals surface area contributed by atoms with Crippen LogP contribution in [0.2, 0.25) is 0 Å². The molecule has 1 rings (SSSR count). The molecule has 5 nitrogen and oxygen atoms in total. The Morgan fingerprint density at radius 2 is 2.00 bits per heavy atom. The number of carboxylic acids is 1. The monoisotopic (exact) mass is 328 g/mol. The normalized spacial score (nSPS) is 11.2. The van der Waals surface area contributed by atoms with Crippen molar-refractivity contribution in [2.24, 2.45) is 0 Å². The van der Waals surface area contributed by atoms with Crippen LogP contribution in [0.5, 0.6) is 0 Å². The average Bonchev–Trinajstić information content (AvgIpc) is 2.31. The van der Waals surface area contributed by atoms with Crippen molar-refractivity contribution in [1.82, 2.24) is 5.32 Å². The Morgan fingerprint density at radius 3 is 2.53 bits per heavy atom. The van der Waals surface area contributed by atoms with E-state index in [0.717, 1.165) is 0 Å². The molecule has 0 radical (unpaired) electrons. The van der Waals surface area contributed by atoms with Gasteiger partial charge in [-0.05, 0) is 48.5 Å². The Hall–Kier alpha value is -1.40. The number of halogens is 1. The fourth-order valence-electron chi connectivity index (χ4n) is 1.62. The molecule has 0 spiro atoms. The van der Waals surface area contributed by atoms with Crippen LogP contribution in [0.25, 0.3) is 0 Å². The number of para-hydroxylation sites is 1. The second-order valence-electron chi connectivity index (χ2n) is 4.58. The summed E-state index contributed by atoms with van der Waals surface area (Å²) < 4.78 is 0.535. The van der Waals surface area contributed by atoms with Crippen molar-refractivity contribution in [2.75, 3.05) is 11.9 Å². The molecule has 19 heavy (non-hydrogen) atoms. The Balaban J connectivity index is 3.06. The molecular formula is C13H17BrN2O3. The lowest BCUT2D eigenvalue weighted by Crippen LogP contribution is -2.49. The minimum Gasteiger partial charge on any atom is -0.478 e. The van der Waals surface area contributed by atoms with E-state index in [2.05, 4.69) is 26.6 Å². The highest BCUT2D eigenvalue weighted by Crippen LogP contribution is 2.27. The number of likely N-dealkylation sites (N-methyl/N-ethyl adjacent to an activating group) is 1. The van der Waals surface area contributed by atoms with Crippen LogP contribution >= 0.6 is 15.9 Å².